The van der Waals surface area contributed by atoms with Crippen molar-refractivity contribution in [2.45, 2.75) is 57.2 Å². The monoisotopic (exact) mass is 248 g/mol. The molecule has 0 radical (unpaired) electrons. The Kier molecular flexibility index (Phi) is 3.71. The van der Waals surface area contributed by atoms with Crippen LogP contribution in [-0.4, -0.2) is 36.1 Å². The first-order chi connectivity index (χ1) is 8.83. The first kappa shape index (κ1) is 12.2. The third kappa shape index (κ3) is 2.62. The second kappa shape index (κ2) is 5.45. The van der Waals surface area contributed by atoms with Gasteiger partial charge in [0.15, 0.2) is 0 Å². The lowest BCUT2D eigenvalue weighted by atomic mass is 10.0. The highest BCUT2D eigenvalue weighted by Gasteiger charge is 2.37. The number of aryl methyl sites for hydroxylation is 1. The fourth-order valence-corrected chi connectivity index (χ4v) is 3.54. The van der Waals surface area contributed by atoms with E-state index in [9.17, 15) is 0 Å². The van der Waals surface area contributed by atoms with E-state index >= 15 is 0 Å². The van der Waals surface area contributed by atoms with Crippen LogP contribution < -0.4 is 5.32 Å². The van der Waals surface area contributed by atoms with Crippen molar-refractivity contribution in [2.75, 3.05) is 13.1 Å². The maximum Gasteiger partial charge on any atom is 0.103 e. The fourth-order valence-electron chi connectivity index (χ4n) is 3.54. The van der Waals surface area contributed by atoms with Gasteiger partial charge < -0.3 is 9.73 Å². The zero-order chi connectivity index (χ0) is 12.4. The van der Waals surface area contributed by atoms with Crippen molar-refractivity contribution in [3.8, 4) is 0 Å². The molecule has 1 N–H and O–H groups in total. The predicted molar refractivity (Wildman–Crippen MR) is 72.6 cm³/mol. The molecule has 3 unspecified atom stereocenters. The van der Waals surface area contributed by atoms with Crippen LogP contribution >= 0.6 is 0 Å². The van der Waals surface area contributed by atoms with Gasteiger partial charge in [-0.3, -0.25) is 4.90 Å². The molecular formula is C15H24N2O. The van der Waals surface area contributed by atoms with Crippen molar-refractivity contribution in [3.05, 3.63) is 24.2 Å². The van der Waals surface area contributed by atoms with Crippen LogP contribution in [-0.2, 0) is 6.42 Å². The molecule has 3 nitrogen and oxygen atoms in total. The Morgan fingerprint density at radius 1 is 1.44 bits per heavy atom. The Bertz CT molecular complexity index is 363. The summed E-state index contributed by atoms with van der Waals surface area (Å²) in [5, 5.41) is 3.83. The van der Waals surface area contributed by atoms with Gasteiger partial charge in [0.1, 0.15) is 5.76 Å². The van der Waals surface area contributed by atoms with Crippen LogP contribution in [0.15, 0.2) is 22.8 Å². The Morgan fingerprint density at radius 3 is 3.22 bits per heavy atom. The highest BCUT2D eigenvalue weighted by Crippen LogP contribution is 2.28. The molecule has 2 aliphatic heterocycles. The van der Waals surface area contributed by atoms with Crippen molar-refractivity contribution in [1.82, 2.24) is 10.2 Å². The van der Waals surface area contributed by atoms with E-state index in [1.54, 1.807) is 6.26 Å². The molecule has 1 aromatic rings. The van der Waals surface area contributed by atoms with Gasteiger partial charge in [0, 0.05) is 31.1 Å². The second-order valence-corrected chi connectivity index (χ2v) is 5.83. The van der Waals surface area contributed by atoms with Crippen molar-refractivity contribution in [3.63, 3.8) is 0 Å². The van der Waals surface area contributed by atoms with Gasteiger partial charge in [0.2, 0.25) is 0 Å². The third-order valence-corrected chi connectivity index (χ3v) is 4.51. The molecule has 0 bridgehead atoms. The van der Waals surface area contributed by atoms with E-state index in [1.165, 1.54) is 32.4 Å². The Labute approximate surface area is 110 Å². The molecule has 3 heterocycles. The summed E-state index contributed by atoms with van der Waals surface area (Å²) < 4.78 is 5.39. The topological polar surface area (TPSA) is 28.4 Å². The minimum atomic E-state index is 0.584. The zero-order valence-corrected chi connectivity index (χ0v) is 11.3. The summed E-state index contributed by atoms with van der Waals surface area (Å²) in [5.74, 6) is 1.11. The molecule has 3 heteroatoms. The average molecular weight is 248 g/mol. The third-order valence-electron chi connectivity index (χ3n) is 4.51. The van der Waals surface area contributed by atoms with Gasteiger partial charge in [-0.1, -0.05) is 0 Å². The Morgan fingerprint density at radius 2 is 2.39 bits per heavy atom. The number of rotatable bonds is 5. The Balaban J connectivity index is 1.44. The summed E-state index contributed by atoms with van der Waals surface area (Å²) in [6.45, 7) is 4.93. The van der Waals surface area contributed by atoms with Gasteiger partial charge in [-0.2, -0.15) is 0 Å². The molecule has 0 aliphatic carbocycles. The van der Waals surface area contributed by atoms with E-state index in [-0.39, 0.29) is 0 Å². The molecule has 2 fully saturated rings. The average Bonchev–Trinajstić information content (AvgIpc) is 3.05. The molecular weight excluding hydrogens is 224 g/mol. The standard InChI is InChI=1S/C15H24N2O/c1-12(6-7-13-4-3-11-18-13)16-14-8-10-17-9-2-5-15(14)17/h3-4,11-12,14-16H,2,5-10H2,1H3. The first-order valence-corrected chi connectivity index (χ1v) is 7.35. The lowest BCUT2D eigenvalue weighted by Crippen LogP contribution is -2.43. The van der Waals surface area contributed by atoms with Gasteiger partial charge in [0.25, 0.3) is 0 Å². The SMILES string of the molecule is CC(CCc1ccco1)NC1CCN2CCCC12. The van der Waals surface area contributed by atoms with Crippen molar-refractivity contribution >= 4 is 0 Å². The maximum absolute atomic E-state index is 5.39. The number of nitrogens with zero attached hydrogens (tertiary/aromatic N) is 1. The number of hydrogen-bond acceptors (Lipinski definition) is 3. The molecule has 0 spiro atoms. The smallest absolute Gasteiger partial charge is 0.103 e. The van der Waals surface area contributed by atoms with Gasteiger partial charge >= 0.3 is 0 Å². The van der Waals surface area contributed by atoms with Crippen molar-refractivity contribution < 1.29 is 4.42 Å². The number of nitrogens with one attached hydrogen (secondary N) is 1. The molecule has 18 heavy (non-hydrogen) atoms. The zero-order valence-electron chi connectivity index (χ0n) is 11.3. The van der Waals surface area contributed by atoms with Gasteiger partial charge in [0.05, 0.1) is 6.26 Å². The van der Waals surface area contributed by atoms with Crippen molar-refractivity contribution in [2.24, 2.45) is 0 Å². The quantitative estimate of drug-likeness (QED) is 0.867. The van der Waals surface area contributed by atoms with E-state index < -0.39 is 0 Å². The number of hydrogen-bond donors (Lipinski definition) is 1. The highest BCUT2D eigenvalue weighted by atomic mass is 16.3. The van der Waals surface area contributed by atoms with Crippen LogP contribution in [0.3, 0.4) is 0 Å². The first-order valence-electron chi connectivity index (χ1n) is 7.35. The number of furan rings is 1. The van der Waals surface area contributed by atoms with E-state index in [0.29, 0.717) is 6.04 Å². The molecule has 1 aromatic heterocycles. The lowest BCUT2D eigenvalue weighted by molar-refractivity contribution is 0.287. The minimum absolute atomic E-state index is 0.584. The summed E-state index contributed by atoms with van der Waals surface area (Å²) in [7, 11) is 0. The van der Waals surface area contributed by atoms with Crippen LogP contribution in [0.1, 0.15) is 38.4 Å². The highest BCUT2D eigenvalue weighted by molar-refractivity contribution is 4.99. The van der Waals surface area contributed by atoms with Gasteiger partial charge in [-0.25, -0.2) is 0 Å². The molecule has 100 valence electrons. The second-order valence-electron chi connectivity index (χ2n) is 5.83. The molecule has 2 saturated heterocycles. The molecule has 0 saturated carbocycles. The van der Waals surface area contributed by atoms with Gasteiger partial charge in [-0.15, -0.1) is 0 Å². The van der Waals surface area contributed by atoms with Gasteiger partial charge in [-0.05, 0) is 51.3 Å². The predicted octanol–water partition coefficient (Wildman–Crippen LogP) is 2.43. The summed E-state index contributed by atoms with van der Waals surface area (Å²) in [4.78, 5) is 2.66. The minimum Gasteiger partial charge on any atom is -0.469 e. The normalized spacial score (nSPS) is 29.6. The fraction of sp³-hybridized carbons (Fsp3) is 0.733. The van der Waals surface area contributed by atoms with Crippen LogP contribution in [0, 0.1) is 0 Å². The molecule has 2 aliphatic rings. The summed E-state index contributed by atoms with van der Waals surface area (Å²) in [5.41, 5.74) is 0. The van der Waals surface area contributed by atoms with Crippen molar-refractivity contribution in [1.29, 1.82) is 0 Å². The maximum atomic E-state index is 5.39. The molecule has 0 amide bonds. The molecule has 3 atom stereocenters. The molecule has 0 aromatic carbocycles. The largest absolute Gasteiger partial charge is 0.469 e. The van der Waals surface area contributed by atoms with Crippen LogP contribution in [0.2, 0.25) is 0 Å². The Hall–Kier alpha value is -0.800. The van der Waals surface area contributed by atoms with Crippen LogP contribution in [0.25, 0.3) is 0 Å². The van der Waals surface area contributed by atoms with E-state index in [2.05, 4.69) is 23.2 Å². The number of fused-ring (bicyclic) bond motifs is 1. The van der Waals surface area contributed by atoms with Crippen LogP contribution in [0.4, 0.5) is 0 Å². The molecule has 3 rings (SSSR count). The summed E-state index contributed by atoms with van der Waals surface area (Å²) in [6, 6.07) is 6.16. The summed E-state index contributed by atoms with van der Waals surface area (Å²) >= 11 is 0. The van der Waals surface area contributed by atoms with E-state index in [1.807, 2.05) is 6.07 Å². The van der Waals surface area contributed by atoms with E-state index in [0.717, 1.165) is 30.7 Å². The van der Waals surface area contributed by atoms with E-state index in [4.69, 9.17) is 4.42 Å². The summed E-state index contributed by atoms with van der Waals surface area (Å²) in [6.07, 6.45) is 8.09. The van der Waals surface area contributed by atoms with Crippen LogP contribution in [0.5, 0.6) is 0 Å². The lowest BCUT2D eigenvalue weighted by Gasteiger charge is -2.25.